The second kappa shape index (κ2) is 16.0. The van der Waals surface area contributed by atoms with Crippen LogP contribution in [0.15, 0.2) is 12.1 Å². The molecule has 0 aliphatic rings. The van der Waals surface area contributed by atoms with E-state index in [9.17, 15) is 0 Å². The SMILES string of the molecule is C=O.CCCNCC.CCCc1c(OC)ccc(CC)c1C. The van der Waals surface area contributed by atoms with Gasteiger partial charge < -0.3 is 14.8 Å². The van der Waals surface area contributed by atoms with Crippen molar-refractivity contribution in [3.8, 4) is 5.75 Å². The molecule has 0 unspecified atom stereocenters. The average Bonchev–Trinajstić information content (AvgIpc) is 2.57. The van der Waals surface area contributed by atoms with Crippen molar-refractivity contribution in [3.05, 3.63) is 28.8 Å². The van der Waals surface area contributed by atoms with Crippen LogP contribution in [0, 0.1) is 6.92 Å². The molecule has 0 amide bonds. The molecule has 0 aromatic heterocycles. The number of nitrogens with one attached hydrogen (secondary N) is 1. The third-order valence-electron chi connectivity index (χ3n) is 3.45. The van der Waals surface area contributed by atoms with Crippen molar-refractivity contribution in [3.63, 3.8) is 0 Å². The van der Waals surface area contributed by atoms with Crippen LogP contribution in [0.3, 0.4) is 0 Å². The number of carbonyl (C=O) groups is 1. The van der Waals surface area contributed by atoms with Crippen molar-refractivity contribution >= 4 is 6.79 Å². The second-order valence-corrected chi connectivity index (χ2v) is 4.99. The molecule has 128 valence electrons. The van der Waals surface area contributed by atoms with E-state index in [2.05, 4.69) is 52.1 Å². The third kappa shape index (κ3) is 8.83. The zero-order chi connectivity index (χ0) is 17.4. The predicted molar refractivity (Wildman–Crippen MR) is 97.1 cm³/mol. The van der Waals surface area contributed by atoms with Crippen LogP contribution in [0.2, 0.25) is 0 Å². The summed E-state index contributed by atoms with van der Waals surface area (Å²) in [4.78, 5) is 8.00. The fraction of sp³-hybridized carbons (Fsp3) is 0.632. The molecule has 3 nitrogen and oxygen atoms in total. The highest BCUT2D eigenvalue weighted by molar-refractivity contribution is 5.44. The van der Waals surface area contributed by atoms with Crippen LogP contribution in [0.25, 0.3) is 0 Å². The summed E-state index contributed by atoms with van der Waals surface area (Å²) in [6, 6.07) is 4.27. The highest BCUT2D eigenvalue weighted by Gasteiger charge is 2.08. The van der Waals surface area contributed by atoms with Gasteiger partial charge in [-0.3, -0.25) is 0 Å². The van der Waals surface area contributed by atoms with Gasteiger partial charge in [0.1, 0.15) is 12.5 Å². The van der Waals surface area contributed by atoms with Crippen molar-refractivity contribution in [2.75, 3.05) is 20.2 Å². The first-order chi connectivity index (χ1) is 10.7. The van der Waals surface area contributed by atoms with Gasteiger partial charge in [-0.15, -0.1) is 0 Å². The van der Waals surface area contributed by atoms with Crippen LogP contribution in [-0.4, -0.2) is 27.0 Å². The molecule has 3 heteroatoms. The predicted octanol–water partition coefficient (Wildman–Crippen LogP) is 4.34. The monoisotopic (exact) mass is 309 g/mol. The summed E-state index contributed by atoms with van der Waals surface area (Å²) in [6.45, 7) is 15.2. The Hall–Kier alpha value is -1.35. The summed E-state index contributed by atoms with van der Waals surface area (Å²) in [7, 11) is 1.75. The number of aryl methyl sites for hydroxylation is 1. The Kier molecular flexibility index (Phi) is 16.7. The Labute approximate surface area is 137 Å². The lowest BCUT2D eigenvalue weighted by Crippen LogP contribution is -2.12. The summed E-state index contributed by atoms with van der Waals surface area (Å²) in [5.74, 6) is 1.04. The first-order valence-corrected chi connectivity index (χ1v) is 8.30. The zero-order valence-corrected chi connectivity index (χ0v) is 15.4. The molecule has 0 saturated carbocycles. The smallest absolute Gasteiger partial charge is 0.122 e. The zero-order valence-electron chi connectivity index (χ0n) is 15.4. The van der Waals surface area contributed by atoms with E-state index in [0.29, 0.717) is 0 Å². The number of benzene rings is 1. The molecule has 0 aliphatic heterocycles. The fourth-order valence-electron chi connectivity index (χ4n) is 2.27. The van der Waals surface area contributed by atoms with Crippen molar-refractivity contribution < 1.29 is 9.53 Å². The fourth-order valence-corrected chi connectivity index (χ4v) is 2.27. The van der Waals surface area contributed by atoms with Crippen LogP contribution in [0.1, 0.15) is 57.2 Å². The second-order valence-electron chi connectivity index (χ2n) is 4.99. The minimum Gasteiger partial charge on any atom is -0.496 e. The van der Waals surface area contributed by atoms with Gasteiger partial charge in [-0.2, -0.15) is 0 Å². The van der Waals surface area contributed by atoms with Crippen LogP contribution < -0.4 is 10.1 Å². The Morgan fingerprint density at radius 3 is 2.09 bits per heavy atom. The normalized spacial score (nSPS) is 9.18. The van der Waals surface area contributed by atoms with Gasteiger partial charge in [-0.25, -0.2) is 0 Å². The molecule has 1 aromatic rings. The number of ether oxygens (including phenoxy) is 1. The molecule has 0 saturated heterocycles. The van der Waals surface area contributed by atoms with Gasteiger partial charge in [-0.05, 0) is 62.0 Å². The standard InChI is InChI=1S/C13H20O.C5H13N.CH2O/c1-5-7-12-10(3)11(6-2)8-9-13(12)14-4;1-3-5-6-4-2;1-2/h8-9H,5-7H2,1-4H3;6H,3-5H2,1-2H3;1H2. The van der Waals surface area contributed by atoms with E-state index in [0.717, 1.165) is 31.7 Å². The largest absolute Gasteiger partial charge is 0.496 e. The van der Waals surface area contributed by atoms with Crippen LogP contribution >= 0.6 is 0 Å². The highest BCUT2D eigenvalue weighted by Crippen LogP contribution is 2.26. The van der Waals surface area contributed by atoms with Crippen LogP contribution in [-0.2, 0) is 17.6 Å². The molecule has 22 heavy (non-hydrogen) atoms. The van der Waals surface area contributed by atoms with Gasteiger partial charge in [-0.1, -0.05) is 40.2 Å². The highest BCUT2D eigenvalue weighted by atomic mass is 16.5. The number of hydrogen-bond acceptors (Lipinski definition) is 3. The topological polar surface area (TPSA) is 38.3 Å². The number of methoxy groups -OCH3 is 1. The van der Waals surface area contributed by atoms with E-state index >= 15 is 0 Å². The summed E-state index contributed by atoms with van der Waals surface area (Å²) < 4.78 is 5.38. The van der Waals surface area contributed by atoms with Crippen molar-refractivity contribution in [1.29, 1.82) is 0 Å². The molecule has 0 aliphatic carbocycles. The number of carbonyl (C=O) groups excluding carboxylic acids is 1. The van der Waals surface area contributed by atoms with E-state index in [1.807, 2.05) is 6.79 Å². The van der Waals surface area contributed by atoms with Crippen LogP contribution in [0.4, 0.5) is 0 Å². The third-order valence-corrected chi connectivity index (χ3v) is 3.45. The van der Waals surface area contributed by atoms with Crippen LogP contribution in [0.5, 0.6) is 5.75 Å². The Morgan fingerprint density at radius 1 is 1.09 bits per heavy atom. The maximum absolute atomic E-state index is 8.00. The van der Waals surface area contributed by atoms with E-state index in [1.54, 1.807) is 7.11 Å². The Morgan fingerprint density at radius 2 is 1.73 bits per heavy atom. The van der Waals surface area contributed by atoms with Gasteiger partial charge in [0.05, 0.1) is 7.11 Å². The Balaban J connectivity index is 0. The molecule has 1 rings (SSSR count). The minimum atomic E-state index is 1.04. The molecule has 0 atom stereocenters. The van der Waals surface area contributed by atoms with Gasteiger partial charge in [0.15, 0.2) is 0 Å². The molecule has 1 aromatic carbocycles. The summed E-state index contributed by atoms with van der Waals surface area (Å²) in [6.07, 6.45) is 4.63. The van der Waals surface area contributed by atoms with Gasteiger partial charge >= 0.3 is 0 Å². The lowest BCUT2D eigenvalue weighted by molar-refractivity contribution is -0.0979. The van der Waals surface area contributed by atoms with E-state index in [4.69, 9.17) is 9.53 Å². The van der Waals surface area contributed by atoms with Crippen molar-refractivity contribution in [2.24, 2.45) is 0 Å². The van der Waals surface area contributed by atoms with Crippen molar-refractivity contribution in [2.45, 2.75) is 60.3 Å². The lowest BCUT2D eigenvalue weighted by atomic mass is 9.97. The first-order valence-electron chi connectivity index (χ1n) is 8.30. The van der Waals surface area contributed by atoms with Gasteiger partial charge in [0.25, 0.3) is 0 Å². The molecule has 0 spiro atoms. The van der Waals surface area contributed by atoms with E-state index < -0.39 is 0 Å². The van der Waals surface area contributed by atoms with Gasteiger partial charge in [0.2, 0.25) is 0 Å². The Bertz CT molecular complexity index is 374. The molecule has 0 heterocycles. The van der Waals surface area contributed by atoms with E-state index in [-0.39, 0.29) is 0 Å². The van der Waals surface area contributed by atoms with Gasteiger partial charge in [0, 0.05) is 0 Å². The molecule has 1 N–H and O–H groups in total. The maximum Gasteiger partial charge on any atom is 0.122 e. The molecule has 0 radical (unpaired) electrons. The van der Waals surface area contributed by atoms with E-state index in [1.165, 1.54) is 29.5 Å². The summed E-state index contributed by atoms with van der Waals surface area (Å²) >= 11 is 0. The molecule has 0 bridgehead atoms. The molecule has 0 fully saturated rings. The summed E-state index contributed by atoms with van der Waals surface area (Å²) in [5, 5.41) is 3.20. The quantitative estimate of drug-likeness (QED) is 0.761. The average molecular weight is 309 g/mol. The van der Waals surface area contributed by atoms with Crippen molar-refractivity contribution in [1.82, 2.24) is 5.32 Å². The molecular formula is C19H35NO2. The molecular weight excluding hydrogens is 274 g/mol. The summed E-state index contributed by atoms with van der Waals surface area (Å²) in [5.41, 5.74) is 4.23. The first kappa shape index (κ1) is 22.9. The number of hydrogen-bond donors (Lipinski definition) is 1. The lowest BCUT2D eigenvalue weighted by Gasteiger charge is -2.14. The minimum absolute atomic E-state index is 1.04. The number of rotatable bonds is 7. The maximum atomic E-state index is 8.00.